The van der Waals surface area contributed by atoms with Crippen LogP contribution in [0.5, 0.6) is 11.5 Å². The number of hydrogen-bond acceptors (Lipinski definition) is 6. The van der Waals surface area contributed by atoms with Gasteiger partial charge in [0.15, 0.2) is 21.8 Å². The fourth-order valence-corrected chi connectivity index (χ4v) is 4.72. The maximum atomic E-state index is 13.1. The zero-order valence-electron chi connectivity index (χ0n) is 20.3. The molecule has 1 aliphatic rings. The molecule has 0 aliphatic carbocycles. The van der Waals surface area contributed by atoms with Gasteiger partial charge in [-0.2, -0.15) is 0 Å². The lowest BCUT2D eigenvalue weighted by Gasteiger charge is -2.12. The van der Waals surface area contributed by atoms with E-state index in [0.29, 0.717) is 40.4 Å². The van der Waals surface area contributed by atoms with E-state index in [4.69, 9.17) is 21.1 Å². The molecule has 1 aromatic heterocycles. The molecule has 186 valence electrons. The van der Waals surface area contributed by atoms with Crippen molar-refractivity contribution < 1.29 is 14.3 Å². The van der Waals surface area contributed by atoms with Crippen LogP contribution in [0.1, 0.15) is 51.0 Å². The number of aromatic nitrogens is 1. The molecule has 0 bridgehead atoms. The van der Waals surface area contributed by atoms with E-state index in [9.17, 15) is 4.79 Å². The molecule has 1 amide bonds. The molecule has 0 N–H and O–H groups in total. The molecule has 3 rings (SSSR count). The Kier molecular flexibility index (Phi) is 10.7. The van der Waals surface area contributed by atoms with Crippen LogP contribution in [0.4, 0.5) is 5.69 Å². The van der Waals surface area contributed by atoms with Gasteiger partial charge in [-0.1, -0.05) is 62.8 Å². The smallest absolute Gasteiger partial charge is 0.267 e. The van der Waals surface area contributed by atoms with E-state index in [0.717, 1.165) is 12.0 Å². The van der Waals surface area contributed by atoms with Crippen molar-refractivity contribution in [2.75, 3.05) is 20.3 Å². The number of carbonyl (C=O) groups is 1. The number of benzene rings is 1. The van der Waals surface area contributed by atoms with E-state index in [1.165, 1.54) is 43.9 Å². The van der Waals surface area contributed by atoms with Gasteiger partial charge in [-0.25, -0.2) is 9.98 Å². The molecule has 6 nitrogen and oxygen atoms in total. The zero-order valence-corrected chi connectivity index (χ0v) is 21.9. The van der Waals surface area contributed by atoms with Gasteiger partial charge in [0, 0.05) is 12.7 Å². The number of halogens is 1. The van der Waals surface area contributed by atoms with E-state index in [1.807, 2.05) is 24.3 Å². The molecule has 0 saturated carbocycles. The highest BCUT2D eigenvalue weighted by Crippen LogP contribution is 2.36. The summed E-state index contributed by atoms with van der Waals surface area (Å²) >= 11 is 7.45. The van der Waals surface area contributed by atoms with Crippen molar-refractivity contribution in [1.29, 1.82) is 0 Å². The predicted molar refractivity (Wildman–Crippen MR) is 146 cm³/mol. The summed E-state index contributed by atoms with van der Waals surface area (Å²) in [5.74, 6) is 1.20. The highest BCUT2D eigenvalue weighted by molar-refractivity contribution is 8.18. The second-order valence-corrected chi connectivity index (χ2v) is 9.42. The maximum absolute atomic E-state index is 13.1. The first-order chi connectivity index (χ1) is 17.1. The number of nitrogens with zero attached hydrogens (tertiary/aromatic N) is 3. The van der Waals surface area contributed by atoms with Crippen LogP contribution >= 0.6 is 23.4 Å². The van der Waals surface area contributed by atoms with Gasteiger partial charge in [0.05, 0.1) is 18.6 Å². The highest BCUT2D eigenvalue weighted by Gasteiger charge is 2.32. The Hall–Kier alpha value is -2.77. The van der Waals surface area contributed by atoms with Crippen molar-refractivity contribution in [3.8, 4) is 11.5 Å². The van der Waals surface area contributed by atoms with Gasteiger partial charge in [0.2, 0.25) is 0 Å². The van der Waals surface area contributed by atoms with Crippen LogP contribution in [0.2, 0.25) is 5.15 Å². The largest absolute Gasteiger partial charge is 0.493 e. The van der Waals surface area contributed by atoms with Crippen LogP contribution in [0.25, 0.3) is 6.08 Å². The summed E-state index contributed by atoms with van der Waals surface area (Å²) in [4.78, 5) is 23.8. The van der Waals surface area contributed by atoms with Gasteiger partial charge in [-0.3, -0.25) is 9.69 Å². The Morgan fingerprint density at radius 2 is 1.97 bits per heavy atom. The summed E-state index contributed by atoms with van der Waals surface area (Å²) in [5, 5.41) is 0.812. The van der Waals surface area contributed by atoms with Crippen molar-refractivity contribution in [3.63, 3.8) is 0 Å². The molecule has 0 atom stereocenters. The topological polar surface area (TPSA) is 64.0 Å². The van der Waals surface area contributed by atoms with Crippen LogP contribution in [-0.4, -0.2) is 41.2 Å². The Labute approximate surface area is 217 Å². The van der Waals surface area contributed by atoms with Gasteiger partial charge in [-0.05, 0) is 54.1 Å². The molecule has 0 spiro atoms. The Balaban J connectivity index is 1.72. The number of amides is 1. The monoisotopic (exact) mass is 513 g/mol. The van der Waals surface area contributed by atoms with Crippen molar-refractivity contribution in [2.45, 2.75) is 45.4 Å². The number of ether oxygens (including phenoxy) is 2. The minimum absolute atomic E-state index is 0.143. The number of methoxy groups -OCH3 is 1. The second-order valence-electron chi connectivity index (χ2n) is 8.05. The van der Waals surface area contributed by atoms with E-state index < -0.39 is 0 Å². The second kappa shape index (κ2) is 14.0. The Bertz CT molecular complexity index is 1090. The maximum Gasteiger partial charge on any atom is 0.267 e. The summed E-state index contributed by atoms with van der Waals surface area (Å²) in [6.45, 7) is 6.98. The van der Waals surface area contributed by atoms with Crippen molar-refractivity contribution in [2.24, 2.45) is 4.99 Å². The number of aliphatic imine (C=N–C) groups is 1. The molecule has 1 aromatic carbocycles. The number of pyridine rings is 1. The fourth-order valence-electron chi connectivity index (χ4n) is 3.55. The minimum Gasteiger partial charge on any atom is -0.493 e. The normalized spacial score (nSPS) is 15.7. The van der Waals surface area contributed by atoms with Gasteiger partial charge >= 0.3 is 0 Å². The fraction of sp³-hybridized carbons (Fsp3) is 0.370. The van der Waals surface area contributed by atoms with Gasteiger partial charge in [0.1, 0.15) is 5.69 Å². The number of amidine groups is 1. The summed E-state index contributed by atoms with van der Waals surface area (Å²) in [6.07, 6.45) is 12.4. The molecule has 2 heterocycles. The van der Waals surface area contributed by atoms with Crippen LogP contribution in [0.3, 0.4) is 0 Å². The molecule has 8 heteroatoms. The zero-order chi connectivity index (χ0) is 25.0. The van der Waals surface area contributed by atoms with Crippen LogP contribution in [0.15, 0.2) is 59.1 Å². The van der Waals surface area contributed by atoms with Crippen molar-refractivity contribution >= 4 is 46.2 Å². The highest BCUT2D eigenvalue weighted by atomic mass is 35.5. The van der Waals surface area contributed by atoms with Crippen molar-refractivity contribution in [3.05, 3.63) is 64.8 Å². The standard InChI is InChI=1S/C27H32ClN3O3S/c1-4-6-7-8-9-10-17-34-22-14-13-20(18-23(22)33-3)19-24-26(32)31(16-5-2)27(35-24)30-21-12-11-15-29-25(21)28/h5,11-15,18-19H,2,4,6-10,16-17H2,1,3H3/b24-19-,30-27?. The lowest BCUT2D eigenvalue weighted by Crippen LogP contribution is -2.29. The van der Waals surface area contributed by atoms with Gasteiger partial charge < -0.3 is 9.47 Å². The summed E-state index contributed by atoms with van der Waals surface area (Å²) in [7, 11) is 1.62. The number of unbranched alkanes of at least 4 members (excludes halogenated alkanes) is 5. The summed E-state index contributed by atoms with van der Waals surface area (Å²) in [5.41, 5.74) is 1.34. The molecule has 0 unspecified atom stereocenters. The average molecular weight is 514 g/mol. The number of hydrogen-bond donors (Lipinski definition) is 0. The molecular weight excluding hydrogens is 482 g/mol. The lowest BCUT2D eigenvalue weighted by molar-refractivity contribution is -0.121. The van der Waals surface area contributed by atoms with E-state index in [1.54, 1.807) is 36.4 Å². The van der Waals surface area contributed by atoms with Crippen LogP contribution in [-0.2, 0) is 4.79 Å². The van der Waals surface area contributed by atoms with Gasteiger partial charge in [-0.15, -0.1) is 6.58 Å². The first kappa shape index (κ1) is 26.8. The third-order valence-electron chi connectivity index (χ3n) is 5.40. The quantitative estimate of drug-likeness (QED) is 0.122. The molecular formula is C27H32ClN3O3S. The first-order valence-electron chi connectivity index (χ1n) is 11.9. The molecule has 2 aromatic rings. The molecule has 1 saturated heterocycles. The van der Waals surface area contributed by atoms with Crippen LogP contribution < -0.4 is 9.47 Å². The third-order valence-corrected chi connectivity index (χ3v) is 6.69. The predicted octanol–water partition coefficient (Wildman–Crippen LogP) is 7.27. The number of thioether (sulfide) groups is 1. The molecule has 0 radical (unpaired) electrons. The van der Waals surface area contributed by atoms with Crippen molar-refractivity contribution in [1.82, 2.24) is 9.88 Å². The van der Waals surface area contributed by atoms with E-state index in [2.05, 4.69) is 23.5 Å². The third kappa shape index (κ3) is 7.61. The summed E-state index contributed by atoms with van der Waals surface area (Å²) < 4.78 is 11.5. The Morgan fingerprint density at radius 1 is 1.17 bits per heavy atom. The number of rotatable bonds is 13. The first-order valence-corrected chi connectivity index (χ1v) is 13.1. The number of carbonyl (C=O) groups excluding carboxylic acids is 1. The lowest BCUT2D eigenvalue weighted by atomic mass is 10.1. The Morgan fingerprint density at radius 3 is 2.71 bits per heavy atom. The SMILES string of the molecule is C=CCN1C(=O)/C(=C/c2ccc(OCCCCCCCC)c(OC)c2)SC1=Nc1cccnc1Cl. The minimum atomic E-state index is -0.143. The van der Waals surface area contributed by atoms with E-state index in [-0.39, 0.29) is 11.1 Å². The summed E-state index contributed by atoms with van der Waals surface area (Å²) in [6, 6.07) is 9.20. The average Bonchev–Trinajstić information content (AvgIpc) is 3.14. The molecule has 35 heavy (non-hydrogen) atoms. The van der Waals surface area contributed by atoms with E-state index >= 15 is 0 Å². The van der Waals surface area contributed by atoms with Crippen LogP contribution in [0, 0.1) is 0 Å². The molecule has 1 fully saturated rings. The van der Waals surface area contributed by atoms with Gasteiger partial charge in [0.25, 0.3) is 5.91 Å². The molecule has 1 aliphatic heterocycles.